The van der Waals surface area contributed by atoms with Gasteiger partial charge in [-0.2, -0.15) is 0 Å². The average Bonchev–Trinajstić information content (AvgIpc) is 2.88. The molecular weight excluding hydrogens is 476 g/mol. The number of carbonyl (C=O) groups excluding carboxylic acids is 1. The SMILES string of the molecule is C=O.CC(C)(C)c1ccc(O)cc1.CC(C)(c1ccc(O)cc1)c1ccc(O)cc1.Cc1ccc(O)cc1. The maximum atomic E-state index is 9.30. The van der Waals surface area contributed by atoms with Crippen LogP contribution in [0.15, 0.2) is 97.1 Å². The van der Waals surface area contributed by atoms with Gasteiger partial charge in [0.2, 0.25) is 0 Å². The van der Waals surface area contributed by atoms with Crippen LogP contribution in [0.5, 0.6) is 23.0 Å². The second kappa shape index (κ2) is 14.5. The molecule has 202 valence electrons. The average molecular weight is 517 g/mol. The molecule has 0 aromatic heterocycles. The molecule has 0 spiro atoms. The van der Waals surface area contributed by atoms with Gasteiger partial charge < -0.3 is 25.2 Å². The Balaban J connectivity index is 0.000000296. The number of aryl methyl sites for hydroxylation is 1. The molecule has 0 aliphatic rings. The highest BCUT2D eigenvalue weighted by molar-refractivity contribution is 5.41. The minimum Gasteiger partial charge on any atom is -0.508 e. The summed E-state index contributed by atoms with van der Waals surface area (Å²) in [5, 5.41) is 36.4. The van der Waals surface area contributed by atoms with E-state index in [0.29, 0.717) is 11.5 Å². The number of hydrogen-bond acceptors (Lipinski definition) is 5. The highest BCUT2D eigenvalue weighted by atomic mass is 16.3. The van der Waals surface area contributed by atoms with Crippen LogP contribution in [0.4, 0.5) is 0 Å². The van der Waals surface area contributed by atoms with Crippen molar-refractivity contribution in [2.24, 2.45) is 0 Å². The van der Waals surface area contributed by atoms with Gasteiger partial charge in [0.15, 0.2) is 0 Å². The molecule has 0 aliphatic heterocycles. The number of rotatable bonds is 2. The lowest BCUT2D eigenvalue weighted by Gasteiger charge is -2.26. The van der Waals surface area contributed by atoms with Crippen LogP contribution in [0.3, 0.4) is 0 Å². The summed E-state index contributed by atoms with van der Waals surface area (Å²) in [6.45, 7) is 14.7. The first-order valence-corrected chi connectivity index (χ1v) is 12.2. The zero-order chi connectivity index (χ0) is 28.9. The van der Waals surface area contributed by atoms with E-state index in [1.807, 2.05) is 62.2 Å². The summed E-state index contributed by atoms with van der Waals surface area (Å²) < 4.78 is 0. The Hall–Kier alpha value is -4.25. The molecule has 0 aliphatic carbocycles. The lowest BCUT2D eigenvalue weighted by molar-refractivity contribution is -0.0980. The van der Waals surface area contributed by atoms with Crippen molar-refractivity contribution in [3.8, 4) is 23.0 Å². The fourth-order valence-electron chi connectivity index (χ4n) is 3.43. The van der Waals surface area contributed by atoms with Crippen molar-refractivity contribution in [3.63, 3.8) is 0 Å². The second-order valence-electron chi connectivity index (χ2n) is 10.4. The van der Waals surface area contributed by atoms with Gasteiger partial charge in [-0.3, -0.25) is 0 Å². The van der Waals surface area contributed by atoms with Crippen molar-refractivity contribution in [2.75, 3.05) is 0 Å². The number of carbonyl (C=O) groups is 1. The third-order valence-corrected chi connectivity index (χ3v) is 5.95. The molecule has 0 amide bonds. The molecule has 38 heavy (non-hydrogen) atoms. The summed E-state index contributed by atoms with van der Waals surface area (Å²) in [7, 11) is 0. The number of aromatic hydroxyl groups is 4. The number of benzene rings is 4. The van der Waals surface area contributed by atoms with Gasteiger partial charge in [0.05, 0.1) is 0 Å². The molecule has 5 nitrogen and oxygen atoms in total. The maximum absolute atomic E-state index is 9.30. The molecular formula is C33H40O5. The summed E-state index contributed by atoms with van der Waals surface area (Å²) in [6, 6.07) is 28.9. The van der Waals surface area contributed by atoms with Crippen molar-refractivity contribution in [3.05, 3.63) is 119 Å². The Bertz CT molecular complexity index is 1130. The predicted molar refractivity (Wildman–Crippen MR) is 155 cm³/mol. The molecule has 4 rings (SSSR count). The van der Waals surface area contributed by atoms with Gasteiger partial charge in [0.1, 0.15) is 29.8 Å². The molecule has 4 aromatic carbocycles. The van der Waals surface area contributed by atoms with Crippen LogP contribution in [0.25, 0.3) is 0 Å². The molecule has 0 atom stereocenters. The van der Waals surface area contributed by atoms with Gasteiger partial charge in [-0.15, -0.1) is 0 Å². The van der Waals surface area contributed by atoms with Crippen LogP contribution in [-0.4, -0.2) is 27.2 Å². The highest BCUT2D eigenvalue weighted by Crippen LogP contribution is 2.33. The van der Waals surface area contributed by atoms with Gasteiger partial charge >= 0.3 is 0 Å². The predicted octanol–water partition coefficient (Wildman–Crippen LogP) is 7.63. The second-order valence-corrected chi connectivity index (χ2v) is 10.4. The van der Waals surface area contributed by atoms with Gasteiger partial charge in [0.25, 0.3) is 0 Å². The van der Waals surface area contributed by atoms with Crippen LogP contribution < -0.4 is 0 Å². The fraction of sp³-hybridized carbons (Fsp3) is 0.242. The topological polar surface area (TPSA) is 98.0 Å². The monoisotopic (exact) mass is 516 g/mol. The quantitative estimate of drug-likeness (QED) is 0.220. The number of phenols is 4. The third-order valence-electron chi connectivity index (χ3n) is 5.95. The molecule has 0 saturated carbocycles. The van der Waals surface area contributed by atoms with E-state index >= 15 is 0 Å². The van der Waals surface area contributed by atoms with E-state index in [1.54, 1.807) is 48.5 Å². The summed E-state index contributed by atoms with van der Waals surface area (Å²) >= 11 is 0. The van der Waals surface area contributed by atoms with Gasteiger partial charge in [-0.05, 0) is 77.6 Å². The molecule has 0 bridgehead atoms. The molecule has 0 saturated heterocycles. The van der Waals surface area contributed by atoms with Gasteiger partial charge in [-0.1, -0.05) is 88.7 Å². The molecule has 4 N–H and O–H groups in total. The standard InChI is InChI=1S/C15H16O2.C10H14O.C7H8O.CH2O/c1-15(2,11-3-7-13(16)8-4-11)12-5-9-14(17)10-6-12;1-10(2,3)8-4-6-9(11)7-5-8;1-6-2-4-7(8)5-3-6;1-2/h3-10,16-17H,1-2H3;4-7,11H,1-3H3;2-5,8H,1H3;1H2. The normalized spacial score (nSPS) is 10.5. The number of phenolic OH excluding ortho intramolecular Hbond substituents is 4. The van der Waals surface area contributed by atoms with Gasteiger partial charge in [0, 0.05) is 5.41 Å². The highest BCUT2D eigenvalue weighted by Gasteiger charge is 2.22. The van der Waals surface area contributed by atoms with E-state index in [4.69, 9.17) is 15.0 Å². The van der Waals surface area contributed by atoms with Gasteiger partial charge in [-0.25, -0.2) is 0 Å². The van der Waals surface area contributed by atoms with E-state index in [2.05, 4.69) is 34.6 Å². The van der Waals surface area contributed by atoms with Crippen LogP contribution in [0.2, 0.25) is 0 Å². The van der Waals surface area contributed by atoms with E-state index in [0.717, 1.165) is 11.1 Å². The van der Waals surface area contributed by atoms with Crippen LogP contribution in [-0.2, 0) is 15.6 Å². The summed E-state index contributed by atoms with van der Waals surface area (Å²) in [4.78, 5) is 8.00. The first kappa shape index (κ1) is 31.8. The van der Waals surface area contributed by atoms with Crippen LogP contribution >= 0.6 is 0 Å². The molecule has 5 heteroatoms. The van der Waals surface area contributed by atoms with Crippen molar-refractivity contribution < 1.29 is 25.2 Å². The Morgan fingerprint density at radius 1 is 0.447 bits per heavy atom. The van der Waals surface area contributed by atoms with E-state index in [-0.39, 0.29) is 22.3 Å². The Morgan fingerprint density at radius 3 is 0.921 bits per heavy atom. The lowest BCUT2D eigenvalue weighted by Crippen LogP contribution is -2.18. The van der Waals surface area contributed by atoms with Crippen LogP contribution in [0.1, 0.15) is 56.9 Å². The zero-order valence-electron chi connectivity index (χ0n) is 23.1. The maximum Gasteiger partial charge on any atom is 0.115 e. The first-order chi connectivity index (χ1) is 17.8. The smallest absolute Gasteiger partial charge is 0.115 e. The van der Waals surface area contributed by atoms with Crippen LogP contribution in [0, 0.1) is 6.92 Å². The Labute approximate surface area is 226 Å². The fourth-order valence-corrected chi connectivity index (χ4v) is 3.43. The van der Waals surface area contributed by atoms with E-state index in [9.17, 15) is 10.2 Å². The molecule has 0 heterocycles. The molecule has 0 unspecified atom stereocenters. The molecule has 0 fully saturated rings. The van der Waals surface area contributed by atoms with Crippen molar-refractivity contribution >= 4 is 6.79 Å². The summed E-state index contributed by atoms with van der Waals surface area (Å²) in [5.41, 5.74) is 4.69. The lowest BCUT2D eigenvalue weighted by atomic mass is 9.78. The molecule has 4 aromatic rings. The van der Waals surface area contributed by atoms with E-state index in [1.165, 1.54) is 11.1 Å². The van der Waals surface area contributed by atoms with Crippen molar-refractivity contribution in [1.82, 2.24) is 0 Å². The Kier molecular flexibility index (Phi) is 12.1. The summed E-state index contributed by atoms with van der Waals surface area (Å²) in [6.07, 6.45) is 0. The van der Waals surface area contributed by atoms with Crippen molar-refractivity contribution in [2.45, 2.75) is 52.4 Å². The minimum absolute atomic E-state index is 0.151. The minimum atomic E-state index is -0.151. The third kappa shape index (κ3) is 10.4. The summed E-state index contributed by atoms with van der Waals surface area (Å²) in [5.74, 6) is 1.21. The van der Waals surface area contributed by atoms with E-state index < -0.39 is 0 Å². The largest absolute Gasteiger partial charge is 0.508 e. The Morgan fingerprint density at radius 2 is 0.684 bits per heavy atom. The molecule has 0 radical (unpaired) electrons. The first-order valence-electron chi connectivity index (χ1n) is 12.2. The van der Waals surface area contributed by atoms with Crippen molar-refractivity contribution in [1.29, 1.82) is 0 Å². The number of hydrogen-bond donors (Lipinski definition) is 4. The zero-order valence-corrected chi connectivity index (χ0v) is 23.1.